The van der Waals surface area contributed by atoms with Crippen molar-refractivity contribution in [2.45, 2.75) is 9.79 Å². The molecule has 7 heteroatoms. The lowest BCUT2D eigenvalue weighted by Gasteiger charge is -2.10. The Labute approximate surface area is 126 Å². The van der Waals surface area contributed by atoms with E-state index in [1.807, 2.05) is 6.26 Å². The fourth-order valence-corrected chi connectivity index (χ4v) is 3.02. The zero-order chi connectivity index (χ0) is 15.5. The van der Waals surface area contributed by atoms with Crippen LogP contribution >= 0.6 is 11.8 Å². The minimum Gasteiger partial charge on any atom is -0.321 e. The number of halogens is 1. The van der Waals surface area contributed by atoms with Gasteiger partial charge in [-0.15, -0.1) is 15.6 Å². The molecule has 1 amide bonds. The van der Waals surface area contributed by atoms with Gasteiger partial charge in [-0.3, -0.25) is 4.79 Å². The zero-order valence-electron chi connectivity index (χ0n) is 11.0. The average Bonchev–Trinajstić information content (AvgIpc) is 2.46. The maximum atomic E-state index is 13.2. The molecule has 0 saturated carbocycles. The van der Waals surface area contributed by atoms with Crippen LogP contribution in [0, 0.1) is 0 Å². The molecule has 0 aliphatic rings. The molecule has 21 heavy (non-hydrogen) atoms. The first-order valence-corrected chi connectivity index (χ1v) is 8.52. The van der Waals surface area contributed by atoms with E-state index in [9.17, 15) is 17.1 Å². The van der Waals surface area contributed by atoms with Gasteiger partial charge < -0.3 is 5.32 Å². The van der Waals surface area contributed by atoms with Gasteiger partial charge in [0.1, 0.15) is 4.90 Å². The van der Waals surface area contributed by atoms with Gasteiger partial charge in [0.25, 0.3) is 5.91 Å². The van der Waals surface area contributed by atoms with Gasteiger partial charge in [0, 0.05) is 4.90 Å². The molecule has 2 aromatic rings. The van der Waals surface area contributed by atoms with Crippen LogP contribution in [0.4, 0.5) is 9.57 Å². The first kappa shape index (κ1) is 15.5. The first-order chi connectivity index (χ1) is 9.93. The number of para-hydroxylation sites is 1. The summed E-state index contributed by atoms with van der Waals surface area (Å²) in [5.41, 5.74) is 0.317. The van der Waals surface area contributed by atoms with Crippen molar-refractivity contribution in [3.05, 3.63) is 54.1 Å². The predicted octanol–water partition coefficient (Wildman–Crippen LogP) is 3.32. The molecule has 0 atom stereocenters. The maximum Gasteiger partial charge on any atom is 0.334 e. The van der Waals surface area contributed by atoms with Gasteiger partial charge in [0.2, 0.25) is 0 Å². The van der Waals surface area contributed by atoms with E-state index in [1.54, 1.807) is 24.3 Å². The highest BCUT2D eigenvalue weighted by Crippen LogP contribution is 2.25. The Morgan fingerprint density at radius 3 is 2.38 bits per heavy atom. The maximum absolute atomic E-state index is 13.2. The molecule has 2 aromatic carbocycles. The lowest BCUT2D eigenvalue weighted by Crippen LogP contribution is -2.14. The molecule has 0 radical (unpaired) electrons. The van der Waals surface area contributed by atoms with Crippen LogP contribution in [-0.4, -0.2) is 20.6 Å². The standard InChI is InChI=1S/C14H12FNO3S2/c1-20-12-8-4-2-6-10(12)14(17)16-11-7-3-5-9-13(11)21(15,18)19/h2-9H,1H3,(H,16,17). The van der Waals surface area contributed by atoms with Crippen LogP contribution in [0.5, 0.6) is 0 Å². The van der Waals surface area contributed by atoms with E-state index in [2.05, 4.69) is 5.32 Å². The molecule has 0 heterocycles. The Morgan fingerprint density at radius 2 is 1.71 bits per heavy atom. The Bertz CT molecular complexity index is 775. The smallest absolute Gasteiger partial charge is 0.321 e. The Balaban J connectivity index is 2.37. The number of carbonyl (C=O) groups excluding carboxylic acids is 1. The second-order valence-electron chi connectivity index (χ2n) is 4.09. The summed E-state index contributed by atoms with van der Waals surface area (Å²) in [6, 6.07) is 12.2. The van der Waals surface area contributed by atoms with Crippen molar-refractivity contribution in [3.63, 3.8) is 0 Å². The van der Waals surface area contributed by atoms with E-state index >= 15 is 0 Å². The largest absolute Gasteiger partial charge is 0.334 e. The van der Waals surface area contributed by atoms with E-state index in [0.717, 1.165) is 11.0 Å². The van der Waals surface area contributed by atoms with Crippen molar-refractivity contribution in [2.24, 2.45) is 0 Å². The average molecular weight is 325 g/mol. The van der Waals surface area contributed by atoms with Gasteiger partial charge in [-0.25, -0.2) is 0 Å². The van der Waals surface area contributed by atoms with Gasteiger partial charge >= 0.3 is 10.2 Å². The van der Waals surface area contributed by atoms with Crippen LogP contribution in [0.25, 0.3) is 0 Å². The number of nitrogens with one attached hydrogen (secondary N) is 1. The summed E-state index contributed by atoms with van der Waals surface area (Å²) < 4.78 is 35.3. The van der Waals surface area contributed by atoms with Gasteiger partial charge in [-0.05, 0) is 30.5 Å². The number of anilines is 1. The highest BCUT2D eigenvalue weighted by Gasteiger charge is 2.19. The minimum atomic E-state index is -4.90. The fraction of sp³-hybridized carbons (Fsp3) is 0.0714. The first-order valence-electron chi connectivity index (χ1n) is 5.91. The number of carbonyl (C=O) groups is 1. The van der Waals surface area contributed by atoms with E-state index in [-0.39, 0.29) is 5.69 Å². The lowest BCUT2D eigenvalue weighted by atomic mass is 10.2. The topological polar surface area (TPSA) is 63.2 Å². The van der Waals surface area contributed by atoms with Gasteiger partial charge in [-0.1, -0.05) is 24.3 Å². The van der Waals surface area contributed by atoms with Crippen molar-refractivity contribution >= 4 is 33.6 Å². The monoisotopic (exact) mass is 325 g/mol. The number of hydrogen-bond acceptors (Lipinski definition) is 4. The lowest BCUT2D eigenvalue weighted by molar-refractivity contribution is 0.102. The number of thioether (sulfide) groups is 1. The Hall–Kier alpha value is -1.86. The van der Waals surface area contributed by atoms with Crippen LogP contribution in [0.1, 0.15) is 10.4 Å². The summed E-state index contributed by atoms with van der Waals surface area (Å²) in [4.78, 5) is 12.4. The highest BCUT2D eigenvalue weighted by molar-refractivity contribution is 7.98. The van der Waals surface area contributed by atoms with Crippen molar-refractivity contribution in [1.29, 1.82) is 0 Å². The molecule has 0 bridgehead atoms. The summed E-state index contributed by atoms with van der Waals surface area (Å²) >= 11 is 1.39. The summed E-state index contributed by atoms with van der Waals surface area (Å²) in [5.74, 6) is -0.490. The van der Waals surface area contributed by atoms with Crippen molar-refractivity contribution in [3.8, 4) is 0 Å². The minimum absolute atomic E-state index is 0.0825. The summed E-state index contributed by atoms with van der Waals surface area (Å²) in [5, 5.41) is 2.44. The van der Waals surface area contributed by atoms with Crippen LogP contribution in [-0.2, 0) is 10.2 Å². The van der Waals surface area contributed by atoms with Crippen molar-refractivity contribution in [1.82, 2.24) is 0 Å². The van der Waals surface area contributed by atoms with Gasteiger partial charge in [-0.2, -0.15) is 8.42 Å². The van der Waals surface area contributed by atoms with Crippen molar-refractivity contribution < 1.29 is 17.1 Å². The van der Waals surface area contributed by atoms with Crippen LogP contribution in [0.2, 0.25) is 0 Å². The highest BCUT2D eigenvalue weighted by atomic mass is 32.3. The SMILES string of the molecule is CSc1ccccc1C(=O)Nc1ccccc1S(=O)(=O)F. The summed E-state index contributed by atoms with van der Waals surface area (Å²) in [6.45, 7) is 0. The van der Waals surface area contributed by atoms with E-state index < -0.39 is 21.0 Å². The Morgan fingerprint density at radius 1 is 1.10 bits per heavy atom. The number of hydrogen-bond donors (Lipinski definition) is 1. The molecule has 2 rings (SSSR count). The second kappa shape index (κ2) is 6.28. The molecule has 4 nitrogen and oxygen atoms in total. The molecule has 1 N–H and O–H groups in total. The van der Waals surface area contributed by atoms with Crippen LogP contribution < -0.4 is 5.32 Å². The molecule has 0 aliphatic carbocycles. The normalized spacial score (nSPS) is 11.1. The zero-order valence-corrected chi connectivity index (χ0v) is 12.7. The van der Waals surface area contributed by atoms with Gasteiger partial charge in [0.15, 0.2) is 0 Å². The number of rotatable bonds is 4. The third-order valence-corrected chi connectivity index (χ3v) is 4.43. The predicted molar refractivity (Wildman–Crippen MR) is 80.9 cm³/mol. The molecule has 0 spiro atoms. The molecule has 0 fully saturated rings. The number of benzene rings is 2. The molecular formula is C14H12FNO3S2. The molecule has 0 unspecified atom stereocenters. The summed E-state index contributed by atoms with van der Waals surface area (Å²) in [7, 11) is -4.90. The second-order valence-corrected chi connectivity index (χ2v) is 6.25. The van der Waals surface area contributed by atoms with E-state index in [1.165, 1.54) is 30.0 Å². The molecule has 0 aromatic heterocycles. The van der Waals surface area contributed by atoms with Crippen LogP contribution in [0.15, 0.2) is 58.3 Å². The van der Waals surface area contributed by atoms with E-state index in [0.29, 0.717) is 5.56 Å². The third-order valence-electron chi connectivity index (χ3n) is 2.75. The quantitative estimate of drug-likeness (QED) is 0.692. The van der Waals surface area contributed by atoms with E-state index in [4.69, 9.17) is 0 Å². The molecule has 0 saturated heterocycles. The molecular weight excluding hydrogens is 313 g/mol. The van der Waals surface area contributed by atoms with Crippen molar-refractivity contribution in [2.75, 3.05) is 11.6 Å². The molecule has 110 valence electrons. The fourth-order valence-electron chi connectivity index (χ4n) is 1.80. The third kappa shape index (κ3) is 3.62. The number of amides is 1. The van der Waals surface area contributed by atoms with Crippen LogP contribution in [0.3, 0.4) is 0 Å². The Kier molecular flexibility index (Phi) is 4.64. The summed E-state index contributed by atoms with van der Waals surface area (Å²) in [6.07, 6.45) is 1.83. The molecule has 0 aliphatic heterocycles. The van der Waals surface area contributed by atoms with Gasteiger partial charge in [0.05, 0.1) is 11.3 Å².